The van der Waals surface area contributed by atoms with Crippen LogP contribution in [0.5, 0.6) is 0 Å². The van der Waals surface area contributed by atoms with E-state index in [1.54, 1.807) is 30.3 Å². The van der Waals surface area contributed by atoms with Gasteiger partial charge in [-0.1, -0.05) is 30.3 Å². The van der Waals surface area contributed by atoms with E-state index in [0.29, 0.717) is 37.6 Å². The smallest absolute Gasteiger partial charge is 0.269 e. The lowest BCUT2D eigenvalue weighted by Gasteiger charge is -2.11. The highest BCUT2D eigenvalue weighted by molar-refractivity contribution is 5.79. The van der Waals surface area contributed by atoms with Gasteiger partial charge in [-0.25, -0.2) is 9.38 Å². The number of nitrogens with one attached hydrogen (secondary N) is 2. The largest absolute Gasteiger partial charge is 0.357 e. The van der Waals surface area contributed by atoms with Crippen molar-refractivity contribution in [3.8, 4) is 0 Å². The van der Waals surface area contributed by atoms with E-state index in [9.17, 15) is 14.5 Å². The van der Waals surface area contributed by atoms with Crippen LogP contribution in [-0.2, 0) is 13.0 Å². The van der Waals surface area contributed by atoms with Crippen LogP contribution in [0, 0.1) is 15.9 Å². The summed E-state index contributed by atoms with van der Waals surface area (Å²) in [5, 5.41) is 17.1. The molecule has 0 amide bonds. The predicted molar refractivity (Wildman–Crippen MR) is 96.0 cm³/mol. The van der Waals surface area contributed by atoms with Crippen LogP contribution in [0.25, 0.3) is 0 Å². The van der Waals surface area contributed by atoms with Crippen LogP contribution < -0.4 is 10.6 Å². The molecule has 2 aromatic rings. The third-order valence-electron chi connectivity index (χ3n) is 3.53. The Labute approximate surface area is 145 Å². The van der Waals surface area contributed by atoms with E-state index in [2.05, 4.69) is 15.6 Å². The van der Waals surface area contributed by atoms with Crippen molar-refractivity contribution in [2.75, 3.05) is 13.1 Å². The van der Waals surface area contributed by atoms with Gasteiger partial charge in [-0.2, -0.15) is 0 Å². The Hall–Kier alpha value is -2.96. The molecule has 0 aliphatic carbocycles. The van der Waals surface area contributed by atoms with E-state index in [-0.39, 0.29) is 11.5 Å². The minimum atomic E-state index is -0.426. The summed E-state index contributed by atoms with van der Waals surface area (Å²) in [5.41, 5.74) is 1.44. The summed E-state index contributed by atoms with van der Waals surface area (Å²) in [6.45, 7) is 3.47. The van der Waals surface area contributed by atoms with Crippen molar-refractivity contribution in [2.45, 2.75) is 19.9 Å². The maximum atomic E-state index is 13.6. The Morgan fingerprint density at radius 3 is 2.72 bits per heavy atom. The summed E-state index contributed by atoms with van der Waals surface area (Å²) in [4.78, 5) is 14.8. The minimum absolute atomic E-state index is 0.0465. The van der Waals surface area contributed by atoms with Crippen LogP contribution in [-0.4, -0.2) is 24.0 Å². The van der Waals surface area contributed by atoms with E-state index in [0.717, 1.165) is 5.56 Å². The average Bonchev–Trinajstić information content (AvgIpc) is 2.61. The monoisotopic (exact) mass is 344 g/mol. The van der Waals surface area contributed by atoms with Crippen molar-refractivity contribution in [2.24, 2.45) is 4.99 Å². The zero-order valence-corrected chi connectivity index (χ0v) is 14.0. The maximum absolute atomic E-state index is 13.6. The fourth-order valence-electron chi connectivity index (χ4n) is 2.30. The van der Waals surface area contributed by atoms with Crippen molar-refractivity contribution >= 4 is 11.6 Å². The Morgan fingerprint density at radius 1 is 1.20 bits per heavy atom. The van der Waals surface area contributed by atoms with E-state index in [1.165, 1.54) is 18.2 Å². The number of hydrogen-bond acceptors (Lipinski definition) is 3. The molecule has 0 radical (unpaired) electrons. The normalized spacial score (nSPS) is 11.2. The molecule has 0 heterocycles. The van der Waals surface area contributed by atoms with Crippen LogP contribution in [0.4, 0.5) is 10.1 Å². The maximum Gasteiger partial charge on any atom is 0.269 e. The number of halogens is 1. The van der Waals surface area contributed by atoms with Crippen LogP contribution >= 0.6 is 0 Å². The second-order valence-electron chi connectivity index (χ2n) is 5.39. The van der Waals surface area contributed by atoms with Crippen LogP contribution in [0.15, 0.2) is 53.5 Å². The number of guanidine groups is 1. The topological polar surface area (TPSA) is 79.6 Å². The number of aliphatic imine (C=N–C) groups is 1. The van der Waals surface area contributed by atoms with Gasteiger partial charge in [0.25, 0.3) is 5.69 Å². The van der Waals surface area contributed by atoms with Gasteiger partial charge in [-0.15, -0.1) is 0 Å². The number of benzene rings is 2. The molecular weight excluding hydrogens is 323 g/mol. The first-order valence-electron chi connectivity index (χ1n) is 8.09. The third kappa shape index (κ3) is 5.87. The first kappa shape index (κ1) is 18.4. The molecule has 6 nitrogen and oxygen atoms in total. The molecule has 2 aromatic carbocycles. The first-order chi connectivity index (χ1) is 12.1. The second-order valence-corrected chi connectivity index (χ2v) is 5.39. The van der Waals surface area contributed by atoms with Gasteiger partial charge >= 0.3 is 0 Å². The molecule has 0 fully saturated rings. The van der Waals surface area contributed by atoms with Crippen LogP contribution in [0.1, 0.15) is 18.1 Å². The van der Waals surface area contributed by atoms with Gasteiger partial charge in [0, 0.05) is 25.2 Å². The molecule has 25 heavy (non-hydrogen) atoms. The molecule has 0 unspecified atom stereocenters. The van der Waals surface area contributed by atoms with E-state index in [1.807, 2.05) is 6.92 Å². The second kappa shape index (κ2) is 9.36. The SMILES string of the molecule is CCNC(=NCc1cccc([N+](=O)[O-])c1)NCCc1ccccc1F. The highest BCUT2D eigenvalue weighted by atomic mass is 19.1. The number of non-ortho nitro benzene ring substituents is 1. The molecule has 0 spiro atoms. The van der Waals surface area contributed by atoms with Gasteiger partial charge < -0.3 is 10.6 Å². The fraction of sp³-hybridized carbons (Fsp3) is 0.278. The van der Waals surface area contributed by atoms with Gasteiger partial charge in [0.15, 0.2) is 5.96 Å². The zero-order chi connectivity index (χ0) is 18.1. The van der Waals surface area contributed by atoms with Crippen molar-refractivity contribution in [1.82, 2.24) is 10.6 Å². The summed E-state index contributed by atoms with van der Waals surface area (Å²) in [6.07, 6.45) is 0.536. The lowest BCUT2D eigenvalue weighted by Crippen LogP contribution is -2.38. The predicted octanol–water partition coefficient (Wildman–Crippen LogP) is 3.03. The lowest BCUT2D eigenvalue weighted by molar-refractivity contribution is -0.384. The summed E-state index contributed by atoms with van der Waals surface area (Å²) in [6, 6.07) is 13.1. The molecule has 7 heteroatoms. The average molecular weight is 344 g/mol. The van der Waals surface area contributed by atoms with Crippen LogP contribution in [0.2, 0.25) is 0 Å². The van der Waals surface area contributed by atoms with Gasteiger partial charge in [-0.3, -0.25) is 10.1 Å². The standard InChI is InChI=1S/C18H21FN4O2/c1-2-20-18(21-11-10-15-7-3-4-9-17(15)19)22-13-14-6-5-8-16(12-14)23(24)25/h3-9,12H,2,10-11,13H2,1H3,(H2,20,21,22). The first-order valence-corrected chi connectivity index (χ1v) is 8.09. The molecular formula is C18H21FN4O2. The highest BCUT2D eigenvalue weighted by Crippen LogP contribution is 2.13. The molecule has 0 aliphatic rings. The van der Waals surface area contributed by atoms with Crippen molar-refractivity contribution in [3.63, 3.8) is 0 Å². The van der Waals surface area contributed by atoms with E-state index >= 15 is 0 Å². The molecule has 0 atom stereocenters. The Morgan fingerprint density at radius 2 is 2.00 bits per heavy atom. The van der Waals surface area contributed by atoms with Gasteiger partial charge in [0.05, 0.1) is 11.5 Å². The van der Waals surface area contributed by atoms with Crippen molar-refractivity contribution in [1.29, 1.82) is 0 Å². The quantitative estimate of drug-likeness (QED) is 0.350. The zero-order valence-electron chi connectivity index (χ0n) is 14.0. The Kier molecular flexibility index (Phi) is 6.88. The van der Waals surface area contributed by atoms with Gasteiger partial charge in [0.2, 0.25) is 0 Å². The summed E-state index contributed by atoms with van der Waals surface area (Å²) in [7, 11) is 0. The lowest BCUT2D eigenvalue weighted by atomic mass is 10.1. The van der Waals surface area contributed by atoms with E-state index in [4.69, 9.17) is 0 Å². The molecule has 0 aliphatic heterocycles. The number of hydrogen-bond donors (Lipinski definition) is 2. The molecule has 0 bridgehead atoms. The molecule has 0 saturated heterocycles. The molecule has 2 rings (SSSR count). The number of nitro benzene ring substituents is 1. The van der Waals surface area contributed by atoms with Gasteiger partial charge in [-0.05, 0) is 30.5 Å². The molecule has 2 N–H and O–H groups in total. The summed E-state index contributed by atoms with van der Waals surface area (Å²) >= 11 is 0. The number of nitrogens with zero attached hydrogens (tertiary/aromatic N) is 2. The molecule has 0 aromatic heterocycles. The molecule has 132 valence electrons. The number of rotatable bonds is 7. The van der Waals surface area contributed by atoms with Crippen molar-refractivity contribution < 1.29 is 9.31 Å². The summed E-state index contributed by atoms with van der Waals surface area (Å²) < 4.78 is 13.6. The third-order valence-corrected chi connectivity index (χ3v) is 3.53. The van der Waals surface area contributed by atoms with Crippen LogP contribution in [0.3, 0.4) is 0 Å². The van der Waals surface area contributed by atoms with Gasteiger partial charge in [0.1, 0.15) is 5.82 Å². The minimum Gasteiger partial charge on any atom is -0.357 e. The molecule has 0 saturated carbocycles. The van der Waals surface area contributed by atoms with E-state index < -0.39 is 4.92 Å². The highest BCUT2D eigenvalue weighted by Gasteiger charge is 2.06. The van der Waals surface area contributed by atoms with Crippen molar-refractivity contribution in [3.05, 3.63) is 75.6 Å². The number of nitro groups is 1. The Balaban J connectivity index is 1.95. The fourth-order valence-corrected chi connectivity index (χ4v) is 2.30. The summed E-state index contributed by atoms with van der Waals surface area (Å²) in [5.74, 6) is 0.369. The Bertz CT molecular complexity index is 749.